The van der Waals surface area contributed by atoms with Crippen LogP contribution in [0, 0.1) is 17.6 Å². The summed E-state index contributed by atoms with van der Waals surface area (Å²) in [4.78, 5) is 29.2. The maximum Gasteiger partial charge on any atom is 0.226 e. The molecule has 0 unspecified atom stereocenters. The number of hydrogen-bond acceptors (Lipinski definition) is 5. The van der Waals surface area contributed by atoms with Crippen LogP contribution in [-0.4, -0.2) is 55.7 Å². The first-order valence-electron chi connectivity index (χ1n) is 14.8. The number of ether oxygens (including phenoxy) is 1. The Balaban J connectivity index is 1.35. The van der Waals surface area contributed by atoms with Crippen LogP contribution >= 0.6 is 11.6 Å². The Bertz CT molecular complexity index is 1690. The number of piperidine rings is 1. The van der Waals surface area contributed by atoms with Crippen LogP contribution in [0.15, 0.2) is 65.6 Å². The fourth-order valence-corrected chi connectivity index (χ4v) is 9.77. The van der Waals surface area contributed by atoms with Crippen molar-refractivity contribution in [2.75, 3.05) is 19.6 Å². The van der Waals surface area contributed by atoms with Crippen LogP contribution in [0.1, 0.15) is 49.3 Å². The van der Waals surface area contributed by atoms with Gasteiger partial charge in [0.1, 0.15) is 28.7 Å². The Morgan fingerprint density at radius 1 is 1.00 bits per heavy atom. The zero-order valence-electron chi connectivity index (χ0n) is 24.3. The quantitative estimate of drug-likeness (QED) is 0.324. The van der Waals surface area contributed by atoms with Gasteiger partial charge < -0.3 is 14.5 Å². The molecule has 1 aliphatic carbocycles. The summed E-state index contributed by atoms with van der Waals surface area (Å²) < 4.78 is 61.8. The number of carbonyl (C=O) groups excluding carboxylic acids is 2. The number of sulfone groups is 1. The number of aryl methyl sites for hydroxylation is 1. The maximum atomic E-state index is 14.6. The van der Waals surface area contributed by atoms with Gasteiger partial charge in [-0.25, -0.2) is 17.2 Å². The van der Waals surface area contributed by atoms with Crippen molar-refractivity contribution in [2.45, 2.75) is 61.3 Å². The van der Waals surface area contributed by atoms with E-state index in [9.17, 15) is 26.8 Å². The number of amides is 2. The van der Waals surface area contributed by atoms with Gasteiger partial charge in [0, 0.05) is 38.0 Å². The summed E-state index contributed by atoms with van der Waals surface area (Å²) in [5.74, 6) is -0.981. The lowest BCUT2D eigenvalue weighted by molar-refractivity contribution is -0.141. The van der Waals surface area contributed by atoms with Crippen LogP contribution in [0.5, 0.6) is 5.75 Å². The Morgan fingerprint density at radius 2 is 1.73 bits per heavy atom. The standard InChI is InChI=1S/C33H33ClF2N2O5S/c1-21(39)37-16-13-22(14-17-37)32(40)38-18-15-33(44(41,42)26-9-6-24(35)7-10-26)28-11-8-25(19-23(28)5-12-31(33)38)43-20-27-29(34)3-2-4-30(27)36/h2-4,6-11,19,22,31H,5,12-18,20H2,1H3/t31-,33-/m1/s1. The van der Waals surface area contributed by atoms with Gasteiger partial charge in [-0.05, 0) is 91.8 Å². The average Bonchev–Trinajstić information content (AvgIpc) is 3.42. The second kappa shape index (κ2) is 11.8. The lowest BCUT2D eigenvalue weighted by atomic mass is 9.78. The number of likely N-dealkylation sites (tertiary alicyclic amines) is 2. The van der Waals surface area contributed by atoms with Crippen molar-refractivity contribution in [3.05, 3.63) is 94.0 Å². The summed E-state index contributed by atoms with van der Waals surface area (Å²) in [6.45, 7) is 2.67. The van der Waals surface area contributed by atoms with E-state index in [1.54, 1.807) is 34.1 Å². The van der Waals surface area contributed by atoms with Crippen molar-refractivity contribution < 1.29 is 31.5 Å². The van der Waals surface area contributed by atoms with E-state index in [1.807, 2.05) is 0 Å². The molecule has 2 heterocycles. The molecule has 6 rings (SSSR count). The van der Waals surface area contributed by atoms with Gasteiger partial charge in [-0.1, -0.05) is 23.7 Å². The van der Waals surface area contributed by atoms with Crippen LogP contribution in [0.2, 0.25) is 5.02 Å². The molecule has 2 amide bonds. The molecule has 3 aliphatic rings. The first-order chi connectivity index (χ1) is 21.0. The average molecular weight is 643 g/mol. The van der Waals surface area contributed by atoms with E-state index in [1.165, 1.54) is 31.2 Å². The smallest absolute Gasteiger partial charge is 0.226 e. The molecule has 3 aromatic carbocycles. The van der Waals surface area contributed by atoms with Gasteiger partial charge in [-0.15, -0.1) is 0 Å². The number of halogens is 3. The summed E-state index contributed by atoms with van der Waals surface area (Å²) >= 11 is 6.17. The van der Waals surface area contributed by atoms with E-state index in [-0.39, 0.29) is 52.8 Å². The predicted octanol–water partition coefficient (Wildman–Crippen LogP) is 5.67. The van der Waals surface area contributed by atoms with E-state index in [0.29, 0.717) is 50.1 Å². The largest absolute Gasteiger partial charge is 0.489 e. The minimum absolute atomic E-state index is 0.00432. The molecule has 2 fully saturated rings. The number of rotatable bonds is 6. The number of hydrogen-bond donors (Lipinski definition) is 0. The second-order valence-electron chi connectivity index (χ2n) is 11.8. The van der Waals surface area contributed by atoms with Gasteiger partial charge >= 0.3 is 0 Å². The minimum Gasteiger partial charge on any atom is -0.489 e. The first kappa shape index (κ1) is 30.5. The molecular weight excluding hydrogens is 610 g/mol. The Hall–Kier alpha value is -3.50. The summed E-state index contributed by atoms with van der Waals surface area (Å²) in [6, 6.07) is 13.8. The molecule has 0 saturated carbocycles. The molecule has 0 spiro atoms. The summed E-state index contributed by atoms with van der Waals surface area (Å²) in [5.41, 5.74) is 1.59. The fourth-order valence-electron chi connectivity index (χ4n) is 7.18. The lowest BCUT2D eigenvalue weighted by Crippen LogP contribution is -2.53. The highest BCUT2D eigenvalue weighted by Crippen LogP contribution is 2.53. The summed E-state index contributed by atoms with van der Waals surface area (Å²) in [7, 11) is -4.11. The van der Waals surface area contributed by atoms with E-state index in [4.69, 9.17) is 16.3 Å². The number of fused-ring (bicyclic) bond motifs is 3. The molecule has 232 valence electrons. The molecule has 2 saturated heterocycles. The fraction of sp³-hybridized carbons (Fsp3) is 0.394. The molecular formula is C33H33ClF2N2O5S. The third kappa shape index (κ3) is 5.15. The zero-order valence-corrected chi connectivity index (χ0v) is 25.8. The number of carbonyl (C=O) groups is 2. The topological polar surface area (TPSA) is 84.0 Å². The van der Waals surface area contributed by atoms with E-state index >= 15 is 0 Å². The van der Waals surface area contributed by atoms with Crippen LogP contribution in [0.3, 0.4) is 0 Å². The van der Waals surface area contributed by atoms with E-state index in [2.05, 4.69) is 0 Å². The van der Waals surface area contributed by atoms with Crippen molar-refractivity contribution >= 4 is 33.3 Å². The van der Waals surface area contributed by atoms with Crippen molar-refractivity contribution in [1.29, 1.82) is 0 Å². The van der Waals surface area contributed by atoms with Gasteiger partial charge in [0.05, 0.1) is 16.0 Å². The normalized spacial score (nSPS) is 22.0. The van der Waals surface area contributed by atoms with Crippen LogP contribution in [0.4, 0.5) is 8.78 Å². The Kier molecular flexibility index (Phi) is 8.17. The van der Waals surface area contributed by atoms with Crippen molar-refractivity contribution in [1.82, 2.24) is 9.80 Å². The van der Waals surface area contributed by atoms with Crippen LogP contribution in [-0.2, 0) is 37.2 Å². The molecule has 0 radical (unpaired) electrons. The van der Waals surface area contributed by atoms with Gasteiger partial charge in [0.25, 0.3) is 0 Å². The van der Waals surface area contributed by atoms with Crippen molar-refractivity contribution in [3.8, 4) is 5.75 Å². The van der Waals surface area contributed by atoms with Crippen molar-refractivity contribution in [2.24, 2.45) is 5.92 Å². The molecule has 3 aromatic rings. The van der Waals surface area contributed by atoms with E-state index < -0.39 is 32.3 Å². The second-order valence-corrected chi connectivity index (χ2v) is 14.4. The summed E-state index contributed by atoms with van der Waals surface area (Å²) in [6.07, 6.45) is 2.16. The van der Waals surface area contributed by atoms with Gasteiger partial charge in [-0.3, -0.25) is 9.59 Å². The molecule has 0 aromatic heterocycles. The van der Waals surface area contributed by atoms with Crippen LogP contribution in [0.25, 0.3) is 0 Å². The first-order valence-corrected chi connectivity index (χ1v) is 16.6. The highest BCUT2D eigenvalue weighted by atomic mass is 35.5. The van der Waals surface area contributed by atoms with Crippen molar-refractivity contribution in [3.63, 3.8) is 0 Å². The highest BCUT2D eigenvalue weighted by Gasteiger charge is 2.61. The van der Waals surface area contributed by atoms with Gasteiger partial charge in [0.15, 0.2) is 9.84 Å². The molecule has 2 aliphatic heterocycles. The molecule has 7 nitrogen and oxygen atoms in total. The SMILES string of the molecule is CC(=O)N1CCC(C(=O)N2CC[C@@]3(S(=O)(=O)c4ccc(F)cc4)c4ccc(OCc5c(F)cccc5Cl)cc4CC[C@@H]23)CC1. The predicted molar refractivity (Wildman–Crippen MR) is 161 cm³/mol. The minimum atomic E-state index is -4.11. The third-order valence-corrected chi connectivity index (χ3v) is 12.4. The molecule has 44 heavy (non-hydrogen) atoms. The van der Waals surface area contributed by atoms with Crippen LogP contribution < -0.4 is 4.74 Å². The number of benzene rings is 3. The zero-order chi connectivity index (χ0) is 31.2. The number of nitrogens with zero attached hydrogens (tertiary/aromatic N) is 2. The molecule has 2 atom stereocenters. The van der Waals surface area contributed by atoms with Gasteiger partial charge in [-0.2, -0.15) is 0 Å². The van der Waals surface area contributed by atoms with E-state index in [0.717, 1.165) is 17.7 Å². The monoisotopic (exact) mass is 642 g/mol. The third-order valence-electron chi connectivity index (χ3n) is 9.48. The Morgan fingerprint density at radius 3 is 2.41 bits per heavy atom. The highest BCUT2D eigenvalue weighted by molar-refractivity contribution is 7.92. The summed E-state index contributed by atoms with van der Waals surface area (Å²) in [5, 5.41) is 0.248. The Labute approximate surface area is 260 Å². The lowest BCUT2D eigenvalue weighted by Gasteiger charge is -2.43. The molecule has 11 heteroatoms. The van der Waals surface area contributed by atoms with Gasteiger partial charge in [0.2, 0.25) is 11.8 Å². The maximum absolute atomic E-state index is 14.6. The molecule has 0 N–H and O–H groups in total. The molecule has 0 bridgehead atoms.